The van der Waals surface area contributed by atoms with E-state index in [2.05, 4.69) is 29.6 Å². The molecule has 0 amide bonds. The summed E-state index contributed by atoms with van der Waals surface area (Å²) < 4.78 is 0. The van der Waals surface area contributed by atoms with E-state index in [1.54, 1.807) is 0 Å². The molecule has 0 aromatic heterocycles. The van der Waals surface area contributed by atoms with E-state index in [9.17, 15) is 5.11 Å². The van der Waals surface area contributed by atoms with E-state index in [0.717, 1.165) is 18.7 Å². The second-order valence-corrected chi connectivity index (χ2v) is 4.60. The van der Waals surface area contributed by atoms with Gasteiger partial charge in [-0.1, -0.05) is 25.1 Å². The van der Waals surface area contributed by atoms with Crippen molar-refractivity contribution in [3.8, 4) is 0 Å². The average molecular weight is 225 g/mol. The zero-order chi connectivity index (χ0) is 10.9. The van der Waals surface area contributed by atoms with E-state index in [0.29, 0.717) is 6.54 Å². The molecule has 0 aliphatic carbocycles. The Kier molecular flexibility index (Phi) is 6.48. The van der Waals surface area contributed by atoms with E-state index in [-0.39, 0.29) is 6.10 Å². The zero-order valence-electron chi connectivity index (χ0n) is 9.15. The molecular formula is C12H19NOS. The van der Waals surface area contributed by atoms with Gasteiger partial charge in [0, 0.05) is 23.7 Å². The molecule has 0 heterocycles. The van der Waals surface area contributed by atoms with Crippen LogP contribution in [-0.2, 0) is 0 Å². The van der Waals surface area contributed by atoms with Crippen LogP contribution >= 0.6 is 11.8 Å². The highest BCUT2D eigenvalue weighted by Crippen LogP contribution is 2.15. The number of thioether (sulfide) groups is 1. The highest BCUT2D eigenvalue weighted by atomic mass is 32.2. The molecule has 0 aliphatic heterocycles. The maximum atomic E-state index is 9.30. The van der Waals surface area contributed by atoms with Gasteiger partial charge in [-0.3, -0.25) is 0 Å². The summed E-state index contributed by atoms with van der Waals surface area (Å²) in [5.74, 6) is 1.04. The molecule has 3 heteroatoms. The van der Waals surface area contributed by atoms with Crippen LogP contribution in [0.4, 0.5) is 0 Å². The number of hydrogen-bond acceptors (Lipinski definition) is 3. The predicted molar refractivity (Wildman–Crippen MR) is 66.3 cm³/mol. The Morgan fingerprint density at radius 3 is 2.73 bits per heavy atom. The molecule has 2 N–H and O–H groups in total. The van der Waals surface area contributed by atoms with Crippen LogP contribution in [0, 0.1) is 0 Å². The van der Waals surface area contributed by atoms with Crippen molar-refractivity contribution in [2.45, 2.75) is 24.3 Å². The fourth-order valence-electron chi connectivity index (χ4n) is 1.17. The van der Waals surface area contributed by atoms with Crippen molar-refractivity contribution < 1.29 is 5.11 Å². The number of nitrogens with one attached hydrogen (secondary N) is 1. The minimum absolute atomic E-state index is 0.202. The summed E-state index contributed by atoms with van der Waals surface area (Å²) in [4.78, 5) is 1.30. The predicted octanol–water partition coefficient (Wildman–Crippen LogP) is 2.14. The highest BCUT2D eigenvalue weighted by molar-refractivity contribution is 7.99. The third-order valence-corrected chi connectivity index (χ3v) is 3.16. The summed E-state index contributed by atoms with van der Waals surface area (Å²) in [6, 6.07) is 10.4. The molecule has 0 aliphatic rings. The van der Waals surface area contributed by atoms with Crippen LogP contribution in [0.15, 0.2) is 35.2 Å². The van der Waals surface area contributed by atoms with Crippen LogP contribution in [0.2, 0.25) is 0 Å². The molecule has 2 nitrogen and oxygen atoms in total. The van der Waals surface area contributed by atoms with Gasteiger partial charge in [0.15, 0.2) is 0 Å². The Hall–Kier alpha value is -0.510. The quantitative estimate of drug-likeness (QED) is 0.551. The van der Waals surface area contributed by atoms with Crippen molar-refractivity contribution in [2.24, 2.45) is 0 Å². The number of rotatable bonds is 7. The van der Waals surface area contributed by atoms with E-state index in [1.807, 2.05) is 24.8 Å². The molecule has 84 valence electrons. The van der Waals surface area contributed by atoms with Gasteiger partial charge < -0.3 is 10.4 Å². The van der Waals surface area contributed by atoms with Crippen LogP contribution in [0.25, 0.3) is 0 Å². The summed E-state index contributed by atoms with van der Waals surface area (Å²) in [7, 11) is 0. The van der Waals surface area contributed by atoms with E-state index in [1.165, 1.54) is 4.90 Å². The van der Waals surface area contributed by atoms with E-state index >= 15 is 0 Å². The van der Waals surface area contributed by atoms with Gasteiger partial charge >= 0.3 is 0 Å². The normalized spacial score (nSPS) is 12.7. The van der Waals surface area contributed by atoms with Gasteiger partial charge in [0.1, 0.15) is 0 Å². The van der Waals surface area contributed by atoms with Gasteiger partial charge in [-0.25, -0.2) is 0 Å². The third kappa shape index (κ3) is 5.82. The Bertz CT molecular complexity index is 253. The summed E-state index contributed by atoms with van der Waals surface area (Å²) in [5.41, 5.74) is 0. The molecule has 15 heavy (non-hydrogen) atoms. The highest BCUT2D eigenvalue weighted by Gasteiger charge is 1.98. The SMILES string of the molecule is CCC(O)CNCCSc1ccccc1. The lowest BCUT2D eigenvalue weighted by molar-refractivity contribution is 0.168. The van der Waals surface area contributed by atoms with E-state index in [4.69, 9.17) is 0 Å². The zero-order valence-corrected chi connectivity index (χ0v) is 9.96. The first-order chi connectivity index (χ1) is 7.33. The lowest BCUT2D eigenvalue weighted by Crippen LogP contribution is -2.27. The molecular weight excluding hydrogens is 206 g/mol. The number of hydrogen-bond donors (Lipinski definition) is 2. The van der Waals surface area contributed by atoms with Crippen molar-refractivity contribution in [1.82, 2.24) is 5.32 Å². The van der Waals surface area contributed by atoms with Crippen molar-refractivity contribution in [2.75, 3.05) is 18.8 Å². The van der Waals surface area contributed by atoms with Crippen LogP contribution in [0.5, 0.6) is 0 Å². The fraction of sp³-hybridized carbons (Fsp3) is 0.500. The van der Waals surface area contributed by atoms with Crippen LogP contribution in [0.3, 0.4) is 0 Å². The molecule has 1 unspecified atom stereocenters. The standard InChI is InChI=1S/C12H19NOS/c1-2-11(14)10-13-8-9-15-12-6-4-3-5-7-12/h3-7,11,13-14H,2,8-10H2,1H3. The van der Waals surface area contributed by atoms with Crippen molar-refractivity contribution >= 4 is 11.8 Å². The molecule has 0 spiro atoms. The molecule has 1 rings (SSSR count). The Balaban J connectivity index is 2.03. The van der Waals surface area contributed by atoms with Gasteiger partial charge in [0.2, 0.25) is 0 Å². The topological polar surface area (TPSA) is 32.3 Å². The largest absolute Gasteiger partial charge is 0.392 e. The fourth-order valence-corrected chi connectivity index (χ4v) is 2.00. The first-order valence-corrected chi connectivity index (χ1v) is 6.38. The lowest BCUT2D eigenvalue weighted by Gasteiger charge is -2.08. The van der Waals surface area contributed by atoms with Crippen LogP contribution < -0.4 is 5.32 Å². The molecule has 0 bridgehead atoms. The van der Waals surface area contributed by atoms with Gasteiger partial charge in [0.05, 0.1) is 6.10 Å². The van der Waals surface area contributed by atoms with Gasteiger partial charge in [0.25, 0.3) is 0 Å². The Morgan fingerprint density at radius 2 is 2.07 bits per heavy atom. The number of aliphatic hydroxyl groups excluding tert-OH is 1. The first-order valence-electron chi connectivity index (χ1n) is 5.39. The summed E-state index contributed by atoms with van der Waals surface area (Å²) in [5, 5.41) is 12.5. The maximum absolute atomic E-state index is 9.30. The summed E-state index contributed by atoms with van der Waals surface area (Å²) in [6.45, 7) is 3.63. The van der Waals surface area contributed by atoms with Crippen LogP contribution in [-0.4, -0.2) is 30.1 Å². The lowest BCUT2D eigenvalue weighted by atomic mass is 10.3. The molecule has 1 aromatic rings. The molecule has 1 atom stereocenters. The van der Waals surface area contributed by atoms with Crippen LogP contribution in [0.1, 0.15) is 13.3 Å². The minimum atomic E-state index is -0.202. The number of benzene rings is 1. The third-order valence-electron chi connectivity index (χ3n) is 2.14. The van der Waals surface area contributed by atoms with Crippen molar-refractivity contribution in [1.29, 1.82) is 0 Å². The van der Waals surface area contributed by atoms with Gasteiger partial charge in [-0.15, -0.1) is 11.8 Å². The van der Waals surface area contributed by atoms with E-state index < -0.39 is 0 Å². The Morgan fingerprint density at radius 1 is 1.33 bits per heavy atom. The molecule has 0 saturated carbocycles. The average Bonchev–Trinajstić information content (AvgIpc) is 2.29. The first kappa shape index (κ1) is 12.6. The maximum Gasteiger partial charge on any atom is 0.0662 e. The minimum Gasteiger partial charge on any atom is -0.392 e. The molecule has 0 fully saturated rings. The summed E-state index contributed by atoms with van der Waals surface area (Å²) in [6.07, 6.45) is 0.616. The van der Waals surface area contributed by atoms with Gasteiger partial charge in [-0.2, -0.15) is 0 Å². The second-order valence-electron chi connectivity index (χ2n) is 3.43. The monoisotopic (exact) mass is 225 g/mol. The van der Waals surface area contributed by atoms with Crippen molar-refractivity contribution in [3.63, 3.8) is 0 Å². The number of aliphatic hydroxyl groups is 1. The van der Waals surface area contributed by atoms with Crippen molar-refractivity contribution in [3.05, 3.63) is 30.3 Å². The molecule has 1 aromatic carbocycles. The second kappa shape index (κ2) is 7.74. The molecule has 0 radical (unpaired) electrons. The Labute approximate surface area is 96.1 Å². The smallest absolute Gasteiger partial charge is 0.0662 e. The summed E-state index contributed by atoms with van der Waals surface area (Å²) >= 11 is 1.84. The molecule has 0 saturated heterocycles. The van der Waals surface area contributed by atoms with Gasteiger partial charge in [-0.05, 0) is 18.6 Å².